The van der Waals surface area contributed by atoms with Crippen molar-refractivity contribution < 1.29 is 0 Å². The van der Waals surface area contributed by atoms with Gasteiger partial charge in [-0.05, 0) is 44.8 Å². The van der Waals surface area contributed by atoms with Crippen molar-refractivity contribution >= 4 is 28.4 Å². The molecule has 3 aromatic rings. The molecule has 3 rings (SSSR count). The fraction of sp³-hybridized carbons (Fsp3) is 0. The van der Waals surface area contributed by atoms with Gasteiger partial charge >= 0.3 is 0 Å². The van der Waals surface area contributed by atoms with Crippen molar-refractivity contribution in [3.8, 4) is 22.3 Å². The zero-order valence-electron chi connectivity index (χ0n) is 11.5. The zero-order valence-corrected chi connectivity index (χ0v) is 13.2. The Morgan fingerprint density at radius 3 is 1.71 bits per heavy atom. The average molecular weight is 309 g/mol. The summed E-state index contributed by atoms with van der Waals surface area (Å²) in [5, 5.41) is 8.53. The number of nitrogens with zero attached hydrogens (tertiary/aromatic N) is 1. The Bertz CT molecular complexity index is 679. The normalized spacial score (nSPS) is 10.3. The second-order valence-electron chi connectivity index (χ2n) is 4.50. The van der Waals surface area contributed by atoms with Crippen molar-refractivity contribution in [1.82, 2.24) is 0 Å². The maximum absolute atomic E-state index is 3.91. The number of rotatable bonds is 5. The van der Waals surface area contributed by atoms with Crippen LogP contribution in [0.4, 0.5) is 5.69 Å². The highest BCUT2D eigenvalue weighted by Crippen LogP contribution is 2.41. The predicted octanol–water partition coefficient (Wildman–Crippen LogP) is 6.24. The lowest BCUT2D eigenvalue weighted by molar-refractivity contribution is 1.30. The molecule has 0 amide bonds. The lowest BCUT2D eigenvalue weighted by atomic mass is 9.98. The minimum absolute atomic E-state index is 1.12. The molecule has 0 saturated carbocycles. The van der Waals surface area contributed by atoms with Crippen LogP contribution in [0, 0.1) is 0 Å². The molecular formula is C18H15NS2. The quantitative estimate of drug-likeness (QED) is 0.539. The first-order chi connectivity index (χ1) is 10.3. The van der Waals surface area contributed by atoms with Crippen LogP contribution < -0.4 is 4.90 Å². The van der Waals surface area contributed by atoms with E-state index in [1.54, 1.807) is 35.1 Å². The molecular weight excluding hydrogens is 294 g/mol. The summed E-state index contributed by atoms with van der Waals surface area (Å²) in [6.45, 7) is 7.83. The molecule has 0 radical (unpaired) electrons. The van der Waals surface area contributed by atoms with Gasteiger partial charge in [-0.1, -0.05) is 31.4 Å². The summed E-state index contributed by atoms with van der Waals surface area (Å²) >= 11 is 3.41. The molecule has 2 aromatic heterocycles. The Morgan fingerprint density at radius 1 is 0.810 bits per heavy atom. The third kappa shape index (κ3) is 2.58. The van der Waals surface area contributed by atoms with E-state index < -0.39 is 0 Å². The van der Waals surface area contributed by atoms with Crippen molar-refractivity contribution in [1.29, 1.82) is 0 Å². The zero-order chi connectivity index (χ0) is 14.7. The summed E-state index contributed by atoms with van der Waals surface area (Å²) in [5.74, 6) is 0. The standard InChI is InChI=1S/C18H15NS2/c1-3-19(4-2)18-16(14-8-10-20-12-14)6-5-7-17(18)15-9-11-21-13-15/h3-13H,1-2H2. The smallest absolute Gasteiger partial charge is 0.0606 e. The summed E-state index contributed by atoms with van der Waals surface area (Å²) in [6, 6.07) is 10.7. The van der Waals surface area contributed by atoms with Gasteiger partial charge in [0.1, 0.15) is 0 Å². The first-order valence-corrected chi connectivity index (χ1v) is 8.45. The molecule has 0 unspecified atom stereocenters. The van der Waals surface area contributed by atoms with Crippen LogP contribution in [0.3, 0.4) is 0 Å². The van der Waals surface area contributed by atoms with Crippen LogP contribution in [0.5, 0.6) is 0 Å². The maximum Gasteiger partial charge on any atom is 0.0606 e. The SMILES string of the molecule is C=CN(C=C)c1c(-c2ccsc2)cccc1-c1ccsc1. The molecule has 0 aliphatic carbocycles. The van der Waals surface area contributed by atoms with Gasteiger partial charge < -0.3 is 4.90 Å². The summed E-state index contributed by atoms with van der Waals surface area (Å²) in [4.78, 5) is 1.99. The summed E-state index contributed by atoms with van der Waals surface area (Å²) in [7, 11) is 0. The van der Waals surface area contributed by atoms with E-state index in [2.05, 4.69) is 65.0 Å². The van der Waals surface area contributed by atoms with E-state index in [0.717, 1.165) is 5.69 Å². The van der Waals surface area contributed by atoms with Gasteiger partial charge in [0.05, 0.1) is 5.69 Å². The lowest BCUT2D eigenvalue weighted by Crippen LogP contribution is -2.08. The van der Waals surface area contributed by atoms with Crippen LogP contribution in [-0.4, -0.2) is 0 Å². The van der Waals surface area contributed by atoms with Gasteiger partial charge in [0.15, 0.2) is 0 Å². The van der Waals surface area contributed by atoms with Crippen molar-refractivity contribution in [3.63, 3.8) is 0 Å². The van der Waals surface area contributed by atoms with Gasteiger partial charge in [0.2, 0.25) is 0 Å². The molecule has 0 N–H and O–H groups in total. The van der Waals surface area contributed by atoms with Crippen LogP contribution in [-0.2, 0) is 0 Å². The summed E-state index contributed by atoms with van der Waals surface area (Å²) in [5.41, 5.74) is 5.96. The van der Waals surface area contributed by atoms with E-state index in [1.165, 1.54) is 22.3 Å². The highest BCUT2D eigenvalue weighted by Gasteiger charge is 2.15. The number of para-hydroxylation sites is 1. The summed E-state index contributed by atoms with van der Waals surface area (Å²) < 4.78 is 0. The first kappa shape index (κ1) is 13.9. The van der Waals surface area contributed by atoms with Crippen molar-refractivity contribution in [2.75, 3.05) is 4.90 Å². The largest absolute Gasteiger partial charge is 0.324 e. The average Bonchev–Trinajstić information content (AvgIpc) is 3.22. The van der Waals surface area contributed by atoms with Crippen LogP contribution in [0.15, 0.2) is 77.4 Å². The summed E-state index contributed by atoms with van der Waals surface area (Å²) in [6.07, 6.45) is 3.60. The van der Waals surface area contributed by atoms with Gasteiger partial charge in [-0.25, -0.2) is 0 Å². The molecule has 0 bridgehead atoms. The van der Waals surface area contributed by atoms with Crippen LogP contribution in [0.1, 0.15) is 0 Å². The van der Waals surface area contributed by atoms with E-state index in [-0.39, 0.29) is 0 Å². The number of anilines is 1. The van der Waals surface area contributed by atoms with Crippen molar-refractivity contribution in [3.05, 3.63) is 77.4 Å². The van der Waals surface area contributed by atoms with Crippen molar-refractivity contribution in [2.45, 2.75) is 0 Å². The second-order valence-corrected chi connectivity index (χ2v) is 6.06. The number of thiophene rings is 2. The first-order valence-electron chi connectivity index (χ1n) is 6.56. The topological polar surface area (TPSA) is 3.24 Å². The van der Waals surface area contributed by atoms with Gasteiger partial charge in [-0.2, -0.15) is 22.7 Å². The second kappa shape index (κ2) is 6.12. The molecule has 2 heterocycles. The fourth-order valence-electron chi connectivity index (χ4n) is 2.38. The van der Waals surface area contributed by atoms with Crippen LogP contribution in [0.25, 0.3) is 22.3 Å². The highest BCUT2D eigenvalue weighted by atomic mass is 32.1. The van der Waals surface area contributed by atoms with Gasteiger partial charge in [0, 0.05) is 23.5 Å². The molecule has 1 aromatic carbocycles. The highest BCUT2D eigenvalue weighted by molar-refractivity contribution is 7.08. The van der Waals surface area contributed by atoms with E-state index in [4.69, 9.17) is 0 Å². The third-order valence-corrected chi connectivity index (χ3v) is 4.72. The van der Waals surface area contributed by atoms with Crippen molar-refractivity contribution in [2.24, 2.45) is 0 Å². The van der Waals surface area contributed by atoms with Gasteiger partial charge in [-0.3, -0.25) is 0 Å². The molecule has 0 aliphatic rings. The van der Waals surface area contributed by atoms with E-state index in [0.29, 0.717) is 0 Å². The third-order valence-electron chi connectivity index (χ3n) is 3.35. The molecule has 1 nitrogen and oxygen atoms in total. The monoisotopic (exact) mass is 309 g/mol. The molecule has 3 heteroatoms. The Labute approximate surface area is 133 Å². The minimum atomic E-state index is 1.12. The van der Waals surface area contributed by atoms with E-state index >= 15 is 0 Å². The Morgan fingerprint density at radius 2 is 1.33 bits per heavy atom. The Kier molecular flexibility index (Phi) is 4.04. The number of hydrogen-bond acceptors (Lipinski definition) is 3. The molecule has 0 spiro atoms. The molecule has 0 atom stereocenters. The molecule has 0 saturated heterocycles. The van der Waals surface area contributed by atoms with Gasteiger partial charge in [0.25, 0.3) is 0 Å². The molecule has 0 fully saturated rings. The Balaban J connectivity index is 2.28. The lowest BCUT2D eigenvalue weighted by Gasteiger charge is -2.22. The van der Waals surface area contributed by atoms with Crippen LogP contribution in [0.2, 0.25) is 0 Å². The molecule has 0 aliphatic heterocycles. The minimum Gasteiger partial charge on any atom is -0.324 e. The fourth-order valence-corrected chi connectivity index (χ4v) is 3.69. The van der Waals surface area contributed by atoms with E-state index in [1.807, 2.05) is 4.90 Å². The predicted molar refractivity (Wildman–Crippen MR) is 95.9 cm³/mol. The van der Waals surface area contributed by atoms with Crippen LogP contribution >= 0.6 is 22.7 Å². The van der Waals surface area contributed by atoms with E-state index in [9.17, 15) is 0 Å². The number of benzene rings is 1. The number of hydrogen-bond donors (Lipinski definition) is 0. The molecule has 21 heavy (non-hydrogen) atoms. The van der Waals surface area contributed by atoms with Gasteiger partial charge in [-0.15, -0.1) is 0 Å². The Hall–Kier alpha value is -2.10. The maximum atomic E-state index is 3.91. The molecule has 104 valence electrons.